The normalized spacial score (nSPS) is 17.3. The number of aryl methyl sites for hydroxylation is 1. The van der Waals surface area contributed by atoms with Crippen molar-refractivity contribution < 1.29 is 0 Å². The Labute approximate surface area is 131 Å². The van der Waals surface area contributed by atoms with Crippen LogP contribution in [-0.2, 0) is 12.5 Å². The highest BCUT2D eigenvalue weighted by molar-refractivity contribution is 6.30. The SMILES string of the molecule is CCC1(c2nn(C)c(N)c2-c2ccc(Cl)cc2)CCCC1. The van der Waals surface area contributed by atoms with E-state index >= 15 is 0 Å². The molecule has 0 radical (unpaired) electrons. The second-order valence-electron chi connectivity index (χ2n) is 6.08. The molecule has 0 atom stereocenters. The topological polar surface area (TPSA) is 43.8 Å². The number of hydrogen-bond donors (Lipinski definition) is 1. The molecule has 1 saturated carbocycles. The van der Waals surface area contributed by atoms with Crippen LogP contribution < -0.4 is 5.73 Å². The summed E-state index contributed by atoms with van der Waals surface area (Å²) >= 11 is 6.01. The molecule has 0 aliphatic heterocycles. The molecule has 21 heavy (non-hydrogen) atoms. The molecular weight excluding hydrogens is 282 g/mol. The van der Waals surface area contributed by atoms with Gasteiger partial charge < -0.3 is 5.73 Å². The van der Waals surface area contributed by atoms with E-state index in [4.69, 9.17) is 22.4 Å². The second kappa shape index (κ2) is 5.38. The van der Waals surface area contributed by atoms with E-state index in [0.29, 0.717) is 0 Å². The van der Waals surface area contributed by atoms with E-state index in [0.717, 1.165) is 28.4 Å². The lowest BCUT2D eigenvalue weighted by molar-refractivity contribution is 0.408. The monoisotopic (exact) mass is 303 g/mol. The molecule has 0 amide bonds. The van der Waals surface area contributed by atoms with Gasteiger partial charge in [-0.25, -0.2) is 0 Å². The maximum absolute atomic E-state index is 6.32. The zero-order chi connectivity index (χ0) is 15.0. The van der Waals surface area contributed by atoms with Crippen molar-refractivity contribution in [3.05, 3.63) is 35.0 Å². The van der Waals surface area contributed by atoms with Gasteiger partial charge in [-0.3, -0.25) is 4.68 Å². The summed E-state index contributed by atoms with van der Waals surface area (Å²) in [5.74, 6) is 0.743. The number of nitrogen functional groups attached to an aromatic ring is 1. The number of nitrogens with zero attached hydrogens (tertiary/aromatic N) is 2. The van der Waals surface area contributed by atoms with Crippen LogP contribution in [0.5, 0.6) is 0 Å². The van der Waals surface area contributed by atoms with Gasteiger partial charge in [-0.05, 0) is 37.0 Å². The van der Waals surface area contributed by atoms with Crippen molar-refractivity contribution in [2.24, 2.45) is 7.05 Å². The molecule has 1 aromatic heterocycles. The average molecular weight is 304 g/mol. The molecule has 3 rings (SSSR count). The number of aromatic nitrogens is 2. The van der Waals surface area contributed by atoms with E-state index in [9.17, 15) is 0 Å². The molecule has 1 fully saturated rings. The Kier molecular flexibility index (Phi) is 3.70. The van der Waals surface area contributed by atoms with E-state index < -0.39 is 0 Å². The summed E-state index contributed by atoms with van der Waals surface area (Å²) in [7, 11) is 1.93. The Balaban J connectivity index is 2.18. The standard InChI is InChI=1S/C17H22ClN3/c1-3-17(10-4-5-11-17)15-14(16(19)21(2)20-15)12-6-8-13(18)9-7-12/h6-9H,3-5,10-11,19H2,1-2H3. The Bertz CT molecular complexity index is 637. The van der Waals surface area contributed by atoms with Crippen molar-refractivity contribution in [2.45, 2.75) is 44.4 Å². The fraction of sp³-hybridized carbons (Fsp3) is 0.471. The van der Waals surface area contributed by atoms with Gasteiger partial charge in [0.05, 0.1) is 5.69 Å². The van der Waals surface area contributed by atoms with Gasteiger partial charge in [0.15, 0.2) is 0 Å². The van der Waals surface area contributed by atoms with Crippen molar-refractivity contribution in [3.63, 3.8) is 0 Å². The lowest BCUT2D eigenvalue weighted by Gasteiger charge is -2.26. The molecule has 0 bridgehead atoms. The molecule has 2 N–H and O–H groups in total. The Morgan fingerprint density at radius 2 is 1.86 bits per heavy atom. The molecule has 0 saturated heterocycles. The first-order chi connectivity index (χ1) is 10.1. The minimum Gasteiger partial charge on any atom is -0.383 e. The second-order valence-corrected chi connectivity index (χ2v) is 6.52. The number of benzene rings is 1. The van der Waals surface area contributed by atoms with E-state index in [2.05, 4.69) is 6.92 Å². The first kappa shape index (κ1) is 14.5. The van der Waals surface area contributed by atoms with Crippen molar-refractivity contribution in [1.29, 1.82) is 0 Å². The minimum atomic E-state index is 0.185. The third-order valence-electron chi connectivity index (χ3n) is 4.96. The summed E-state index contributed by atoms with van der Waals surface area (Å²) in [6, 6.07) is 7.91. The summed E-state index contributed by atoms with van der Waals surface area (Å²) < 4.78 is 1.81. The van der Waals surface area contributed by atoms with Gasteiger partial charge in [-0.1, -0.05) is 43.5 Å². The third-order valence-corrected chi connectivity index (χ3v) is 5.22. The quantitative estimate of drug-likeness (QED) is 0.904. The summed E-state index contributed by atoms with van der Waals surface area (Å²) in [5.41, 5.74) is 9.88. The van der Waals surface area contributed by atoms with Gasteiger partial charge >= 0.3 is 0 Å². The highest BCUT2D eigenvalue weighted by atomic mass is 35.5. The molecule has 1 aliphatic rings. The summed E-state index contributed by atoms with van der Waals surface area (Å²) in [4.78, 5) is 0. The molecule has 0 unspecified atom stereocenters. The largest absolute Gasteiger partial charge is 0.383 e. The van der Waals surface area contributed by atoms with Crippen LogP contribution in [0, 0.1) is 0 Å². The van der Waals surface area contributed by atoms with Crippen LogP contribution in [0.25, 0.3) is 11.1 Å². The van der Waals surface area contributed by atoms with Gasteiger partial charge in [0.1, 0.15) is 5.82 Å². The molecule has 1 aromatic carbocycles. The van der Waals surface area contributed by atoms with Crippen molar-refractivity contribution >= 4 is 17.4 Å². The summed E-state index contributed by atoms with van der Waals surface area (Å²) in [6.45, 7) is 2.27. The molecule has 1 aliphatic carbocycles. The highest BCUT2D eigenvalue weighted by Crippen LogP contribution is 2.47. The van der Waals surface area contributed by atoms with Gasteiger partial charge in [0, 0.05) is 23.0 Å². The number of anilines is 1. The van der Waals surface area contributed by atoms with E-state index in [1.807, 2.05) is 36.0 Å². The van der Waals surface area contributed by atoms with Crippen molar-refractivity contribution in [1.82, 2.24) is 9.78 Å². The van der Waals surface area contributed by atoms with Crippen LogP contribution in [-0.4, -0.2) is 9.78 Å². The lowest BCUT2D eigenvalue weighted by Crippen LogP contribution is -2.22. The zero-order valence-electron chi connectivity index (χ0n) is 12.7. The third kappa shape index (κ3) is 2.34. The predicted octanol–water partition coefficient (Wildman–Crippen LogP) is 4.54. The lowest BCUT2D eigenvalue weighted by atomic mass is 9.77. The van der Waals surface area contributed by atoms with Crippen LogP contribution in [0.3, 0.4) is 0 Å². The highest BCUT2D eigenvalue weighted by Gasteiger charge is 2.39. The molecule has 112 valence electrons. The van der Waals surface area contributed by atoms with Crippen LogP contribution in [0.4, 0.5) is 5.82 Å². The van der Waals surface area contributed by atoms with Crippen LogP contribution in [0.2, 0.25) is 5.02 Å². The zero-order valence-corrected chi connectivity index (χ0v) is 13.5. The van der Waals surface area contributed by atoms with Crippen LogP contribution in [0.15, 0.2) is 24.3 Å². The van der Waals surface area contributed by atoms with Crippen LogP contribution >= 0.6 is 11.6 Å². The number of hydrogen-bond acceptors (Lipinski definition) is 2. The van der Waals surface area contributed by atoms with Crippen molar-refractivity contribution in [3.8, 4) is 11.1 Å². The minimum absolute atomic E-state index is 0.185. The number of rotatable bonds is 3. The molecule has 1 heterocycles. The molecule has 0 spiro atoms. The maximum Gasteiger partial charge on any atom is 0.129 e. The molecule has 2 aromatic rings. The van der Waals surface area contributed by atoms with E-state index in [-0.39, 0.29) is 5.41 Å². The Morgan fingerprint density at radius 3 is 2.43 bits per heavy atom. The van der Waals surface area contributed by atoms with Gasteiger partial charge in [-0.15, -0.1) is 0 Å². The molecule has 3 nitrogen and oxygen atoms in total. The van der Waals surface area contributed by atoms with Crippen molar-refractivity contribution in [2.75, 3.05) is 5.73 Å². The Hall–Kier alpha value is -1.48. The predicted molar refractivity (Wildman–Crippen MR) is 88.5 cm³/mol. The van der Waals surface area contributed by atoms with E-state index in [1.54, 1.807) is 0 Å². The first-order valence-electron chi connectivity index (χ1n) is 7.66. The van der Waals surface area contributed by atoms with Gasteiger partial charge in [0.2, 0.25) is 0 Å². The smallest absolute Gasteiger partial charge is 0.129 e. The van der Waals surface area contributed by atoms with Crippen LogP contribution in [0.1, 0.15) is 44.7 Å². The molecule has 4 heteroatoms. The fourth-order valence-electron chi connectivity index (χ4n) is 3.62. The summed E-state index contributed by atoms with van der Waals surface area (Å²) in [5, 5.41) is 5.54. The first-order valence-corrected chi connectivity index (χ1v) is 8.04. The summed E-state index contributed by atoms with van der Waals surface area (Å²) in [6.07, 6.45) is 6.10. The van der Waals surface area contributed by atoms with E-state index in [1.165, 1.54) is 31.4 Å². The van der Waals surface area contributed by atoms with Gasteiger partial charge in [0.25, 0.3) is 0 Å². The fourth-order valence-corrected chi connectivity index (χ4v) is 3.74. The average Bonchev–Trinajstić information content (AvgIpc) is 3.07. The van der Waals surface area contributed by atoms with Gasteiger partial charge in [-0.2, -0.15) is 5.10 Å². The maximum atomic E-state index is 6.32. The number of halogens is 1. The Morgan fingerprint density at radius 1 is 1.24 bits per heavy atom. The molecular formula is C17H22ClN3. The number of nitrogens with two attached hydrogens (primary N) is 1.